The van der Waals surface area contributed by atoms with E-state index in [1.807, 2.05) is 37.4 Å². The fourth-order valence-corrected chi connectivity index (χ4v) is 2.47. The monoisotopic (exact) mass is 271 g/mol. The van der Waals surface area contributed by atoms with E-state index in [-0.39, 0.29) is 0 Å². The van der Waals surface area contributed by atoms with Gasteiger partial charge in [0.2, 0.25) is 0 Å². The molecule has 3 rings (SSSR count). The maximum absolute atomic E-state index is 4.24. The molecule has 0 fully saturated rings. The largest absolute Gasteiger partial charge is 0.380 e. The lowest BCUT2D eigenvalue weighted by atomic mass is 10.3. The topological polar surface area (TPSA) is 55.6 Å². The van der Waals surface area contributed by atoms with Crippen LogP contribution in [0.25, 0.3) is 5.69 Å². The number of rotatable bonds is 4. The Hall–Kier alpha value is -2.21. The van der Waals surface area contributed by atoms with Crippen molar-refractivity contribution in [3.05, 3.63) is 52.7 Å². The van der Waals surface area contributed by atoms with Gasteiger partial charge in [0.15, 0.2) is 0 Å². The molecule has 2 aromatic heterocycles. The van der Waals surface area contributed by atoms with Gasteiger partial charge in [-0.15, -0.1) is 11.3 Å². The third kappa shape index (κ3) is 2.79. The summed E-state index contributed by atoms with van der Waals surface area (Å²) in [5.74, 6) is 0. The van der Waals surface area contributed by atoms with Gasteiger partial charge in [-0.1, -0.05) is 0 Å². The maximum atomic E-state index is 4.24. The molecule has 0 aliphatic carbocycles. The van der Waals surface area contributed by atoms with Gasteiger partial charge in [-0.25, -0.2) is 4.98 Å². The van der Waals surface area contributed by atoms with Gasteiger partial charge in [0.1, 0.15) is 0 Å². The third-order valence-electron chi connectivity index (χ3n) is 2.65. The van der Waals surface area contributed by atoms with Crippen molar-refractivity contribution >= 4 is 17.0 Å². The van der Waals surface area contributed by atoms with Crippen molar-refractivity contribution in [3.8, 4) is 5.69 Å². The van der Waals surface area contributed by atoms with E-state index < -0.39 is 0 Å². The number of anilines is 1. The lowest BCUT2D eigenvalue weighted by Crippen LogP contribution is -2.00. The first-order chi connectivity index (χ1) is 9.31. The van der Waals surface area contributed by atoms with E-state index in [1.165, 1.54) is 4.88 Å². The van der Waals surface area contributed by atoms with E-state index in [0.717, 1.165) is 22.9 Å². The molecule has 5 nitrogen and oxygen atoms in total. The number of hydrogen-bond acceptors (Lipinski definition) is 5. The lowest BCUT2D eigenvalue weighted by molar-refractivity contribution is 0.752. The number of nitrogens with one attached hydrogen (secondary N) is 1. The maximum Gasteiger partial charge on any atom is 0.0897 e. The van der Waals surface area contributed by atoms with Gasteiger partial charge in [-0.05, 0) is 31.2 Å². The fraction of sp³-hybridized carbons (Fsp3) is 0.154. The van der Waals surface area contributed by atoms with E-state index >= 15 is 0 Å². The smallest absolute Gasteiger partial charge is 0.0897 e. The molecule has 19 heavy (non-hydrogen) atoms. The molecule has 0 aliphatic heterocycles. The van der Waals surface area contributed by atoms with E-state index in [9.17, 15) is 0 Å². The average molecular weight is 271 g/mol. The van der Waals surface area contributed by atoms with Gasteiger partial charge in [-0.2, -0.15) is 15.0 Å². The number of aryl methyl sites for hydroxylation is 1. The minimum atomic E-state index is 0.797. The van der Waals surface area contributed by atoms with Gasteiger partial charge >= 0.3 is 0 Å². The molecule has 0 unspecified atom stereocenters. The first kappa shape index (κ1) is 11.9. The average Bonchev–Trinajstić information content (AvgIpc) is 3.08. The zero-order chi connectivity index (χ0) is 13.1. The molecule has 1 N–H and O–H groups in total. The molecule has 0 radical (unpaired) electrons. The molecule has 0 spiro atoms. The molecule has 1 aromatic carbocycles. The van der Waals surface area contributed by atoms with Gasteiger partial charge in [0, 0.05) is 16.8 Å². The summed E-state index contributed by atoms with van der Waals surface area (Å²) in [5.41, 5.74) is 2.02. The molecule has 0 aliphatic rings. The number of benzene rings is 1. The minimum Gasteiger partial charge on any atom is -0.380 e. The van der Waals surface area contributed by atoms with Crippen molar-refractivity contribution in [3.63, 3.8) is 0 Å². The highest BCUT2D eigenvalue weighted by Crippen LogP contribution is 2.16. The molecule has 0 bridgehead atoms. The molecular weight excluding hydrogens is 258 g/mol. The van der Waals surface area contributed by atoms with E-state index in [1.54, 1.807) is 28.5 Å². The lowest BCUT2D eigenvalue weighted by Gasteiger charge is -2.05. The van der Waals surface area contributed by atoms with Crippen molar-refractivity contribution in [2.75, 3.05) is 5.32 Å². The van der Waals surface area contributed by atoms with E-state index in [0.29, 0.717) is 0 Å². The summed E-state index contributed by atoms with van der Waals surface area (Å²) in [6, 6.07) is 8.01. The van der Waals surface area contributed by atoms with Crippen LogP contribution in [0.3, 0.4) is 0 Å². The zero-order valence-electron chi connectivity index (χ0n) is 10.4. The number of aromatic nitrogens is 4. The SMILES string of the molecule is Cc1ncc(CNc2ccc(-n3nccn3)cc2)s1. The normalized spacial score (nSPS) is 10.6. The zero-order valence-corrected chi connectivity index (χ0v) is 11.3. The summed E-state index contributed by atoms with van der Waals surface area (Å²) in [6.07, 6.45) is 5.24. The van der Waals surface area contributed by atoms with Crippen LogP contribution < -0.4 is 5.32 Å². The Balaban J connectivity index is 1.66. The Morgan fingerprint density at radius 1 is 1.16 bits per heavy atom. The summed E-state index contributed by atoms with van der Waals surface area (Å²) in [6.45, 7) is 2.81. The molecule has 0 saturated heterocycles. The van der Waals surface area contributed by atoms with Crippen molar-refractivity contribution in [1.82, 2.24) is 20.0 Å². The third-order valence-corrected chi connectivity index (χ3v) is 3.57. The molecule has 0 amide bonds. The number of thiazole rings is 1. The number of hydrogen-bond donors (Lipinski definition) is 1. The van der Waals surface area contributed by atoms with E-state index in [2.05, 4.69) is 20.5 Å². The molecule has 2 heterocycles. The number of nitrogens with zero attached hydrogens (tertiary/aromatic N) is 4. The minimum absolute atomic E-state index is 0.797. The van der Waals surface area contributed by atoms with Gasteiger partial charge in [-0.3, -0.25) is 0 Å². The van der Waals surface area contributed by atoms with Gasteiger partial charge < -0.3 is 5.32 Å². The second-order valence-corrected chi connectivity index (χ2v) is 5.38. The Kier molecular flexibility index (Phi) is 3.24. The molecule has 0 saturated carbocycles. The van der Waals surface area contributed by atoms with Crippen LogP contribution in [-0.2, 0) is 6.54 Å². The Labute approximate surface area is 114 Å². The van der Waals surface area contributed by atoms with Crippen molar-refractivity contribution in [2.24, 2.45) is 0 Å². The second kappa shape index (κ2) is 5.19. The molecule has 96 valence electrons. The predicted molar refractivity (Wildman–Crippen MR) is 75.5 cm³/mol. The van der Waals surface area contributed by atoms with Crippen molar-refractivity contribution in [2.45, 2.75) is 13.5 Å². The van der Waals surface area contributed by atoms with Gasteiger partial charge in [0.05, 0.1) is 29.6 Å². The Bertz CT molecular complexity index is 642. The summed E-state index contributed by atoms with van der Waals surface area (Å²) in [4.78, 5) is 7.06. The predicted octanol–water partition coefficient (Wildman–Crippen LogP) is 2.64. The van der Waals surface area contributed by atoms with Crippen LogP contribution in [0.2, 0.25) is 0 Å². The Morgan fingerprint density at radius 3 is 2.53 bits per heavy atom. The standard InChI is InChI=1S/C13H13N5S/c1-10-14-8-13(19-10)9-15-11-2-4-12(5-3-11)18-16-6-7-17-18/h2-8,15H,9H2,1H3. The Morgan fingerprint density at radius 2 is 1.89 bits per heavy atom. The van der Waals surface area contributed by atoms with Crippen LogP contribution in [0.5, 0.6) is 0 Å². The van der Waals surface area contributed by atoms with Crippen LogP contribution in [0.4, 0.5) is 5.69 Å². The van der Waals surface area contributed by atoms with Crippen molar-refractivity contribution in [1.29, 1.82) is 0 Å². The highest BCUT2D eigenvalue weighted by Gasteiger charge is 2.00. The fourth-order valence-electron chi connectivity index (χ4n) is 1.74. The molecule has 0 atom stereocenters. The summed E-state index contributed by atoms with van der Waals surface area (Å²) in [7, 11) is 0. The summed E-state index contributed by atoms with van der Waals surface area (Å²) < 4.78 is 0. The molecule has 6 heteroatoms. The van der Waals surface area contributed by atoms with Crippen LogP contribution in [0.1, 0.15) is 9.88 Å². The van der Waals surface area contributed by atoms with Crippen LogP contribution in [0, 0.1) is 6.92 Å². The molecule has 3 aromatic rings. The summed E-state index contributed by atoms with van der Waals surface area (Å²) >= 11 is 1.71. The summed E-state index contributed by atoms with van der Waals surface area (Å²) in [5, 5.41) is 12.6. The highest BCUT2D eigenvalue weighted by molar-refractivity contribution is 7.11. The van der Waals surface area contributed by atoms with E-state index in [4.69, 9.17) is 0 Å². The highest BCUT2D eigenvalue weighted by atomic mass is 32.1. The van der Waals surface area contributed by atoms with Crippen LogP contribution in [0.15, 0.2) is 42.9 Å². The first-order valence-corrected chi connectivity index (χ1v) is 6.75. The quantitative estimate of drug-likeness (QED) is 0.792. The van der Waals surface area contributed by atoms with Gasteiger partial charge in [0.25, 0.3) is 0 Å². The molecular formula is C13H13N5S. The van der Waals surface area contributed by atoms with Crippen LogP contribution >= 0.6 is 11.3 Å². The van der Waals surface area contributed by atoms with Crippen molar-refractivity contribution < 1.29 is 0 Å². The second-order valence-electron chi connectivity index (χ2n) is 4.06. The first-order valence-electron chi connectivity index (χ1n) is 5.93. The van der Waals surface area contributed by atoms with Crippen LogP contribution in [-0.4, -0.2) is 20.0 Å².